The van der Waals surface area contributed by atoms with Crippen LogP contribution in [-0.2, 0) is 19.6 Å². The Balaban J connectivity index is 1.56. The van der Waals surface area contributed by atoms with E-state index in [2.05, 4.69) is 5.32 Å². The molecule has 0 unspecified atom stereocenters. The molecule has 0 radical (unpaired) electrons. The third kappa shape index (κ3) is 5.13. The van der Waals surface area contributed by atoms with E-state index in [9.17, 15) is 18.0 Å². The van der Waals surface area contributed by atoms with E-state index in [1.54, 1.807) is 11.4 Å². The second kappa shape index (κ2) is 9.63. The summed E-state index contributed by atoms with van der Waals surface area (Å²) in [5.74, 6) is -0.805. The summed E-state index contributed by atoms with van der Waals surface area (Å²) in [7, 11) is -2.42. The summed E-state index contributed by atoms with van der Waals surface area (Å²) >= 11 is 13.0. The van der Waals surface area contributed by atoms with Gasteiger partial charge in [0.05, 0.1) is 34.3 Å². The molecular formula is C18H19Cl2N3O5S2. The molecular weight excluding hydrogens is 473 g/mol. The Hall–Kier alpha value is -1.69. The molecule has 1 aliphatic rings. The number of piperazine rings is 1. The third-order valence-electron chi connectivity index (χ3n) is 4.54. The topological polar surface area (TPSA) is 96.0 Å². The van der Waals surface area contributed by atoms with Gasteiger partial charge in [0.25, 0.3) is 0 Å². The van der Waals surface area contributed by atoms with E-state index in [1.807, 2.05) is 4.90 Å². The fraction of sp³-hybridized carbons (Fsp3) is 0.333. The number of sulfonamides is 1. The first-order valence-corrected chi connectivity index (χ1v) is 11.9. The minimum atomic E-state index is -3.70. The molecule has 1 amide bonds. The molecule has 1 saturated heterocycles. The summed E-state index contributed by atoms with van der Waals surface area (Å²) in [5, 5.41) is 4.85. The zero-order chi connectivity index (χ0) is 21.9. The van der Waals surface area contributed by atoms with Crippen molar-refractivity contribution >= 4 is 62.1 Å². The second-order valence-corrected chi connectivity index (χ2v) is 10.1. The number of halogens is 2. The minimum Gasteiger partial charge on any atom is -0.465 e. The van der Waals surface area contributed by atoms with Gasteiger partial charge < -0.3 is 10.1 Å². The molecule has 8 nitrogen and oxygen atoms in total. The summed E-state index contributed by atoms with van der Waals surface area (Å²) in [6, 6.07) is 5.84. The summed E-state index contributed by atoms with van der Waals surface area (Å²) < 4.78 is 31.7. The zero-order valence-electron chi connectivity index (χ0n) is 15.9. The quantitative estimate of drug-likeness (QED) is 0.624. The molecule has 0 bridgehead atoms. The monoisotopic (exact) mass is 491 g/mol. The smallest absolute Gasteiger partial charge is 0.350 e. The molecule has 1 fully saturated rings. The number of methoxy groups -OCH3 is 1. The highest BCUT2D eigenvalue weighted by Gasteiger charge is 2.29. The van der Waals surface area contributed by atoms with E-state index in [-0.39, 0.29) is 40.5 Å². The number of esters is 1. The number of thiophene rings is 1. The van der Waals surface area contributed by atoms with Gasteiger partial charge in [-0.3, -0.25) is 9.69 Å². The van der Waals surface area contributed by atoms with Gasteiger partial charge in [0.2, 0.25) is 15.9 Å². The molecule has 0 atom stereocenters. The number of rotatable bonds is 6. The normalized spacial score (nSPS) is 15.7. The van der Waals surface area contributed by atoms with Gasteiger partial charge in [-0.1, -0.05) is 23.2 Å². The average Bonchev–Trinajstić information content (AvgIpc) is 3.17. The van der Waals surface area contributed by atoms with Crippen LogP contribution >= 0.6 is 34.5 Å². The Morgan fingerprint density at radius 3 is 2.47 bits per heavy atom. The van der Waals surface area contributed by atoms with Gasteiger partial charge in [-0.2, -0.15) is 4.31 Å². The molecule has 162 valence electrons. The van der Waals surface area contributed by atoms with Crippen LogP contribution in [0.5, 0.6) is 0 Å². The summed E-state index contributed by atoms with van der Waals surface area (Å²) in [4.78, 5) is 26.3. The van der Waals surface area contributed by atoms with Crippen LogP contribution < -0.4 is 5.32 Å². The summed E-state index contributed by atoms with van der Waals surface area (Å²) in [6.45, 7) is 1.34. The molecule has 2 aromatic rings. The number of ether oxygens (including phenoxy) is 1. The fourth-order valence-corrected chi connectivity index (χ4v) is 5.54. The first-order valence-electron chi connectivity index (χ1n) is 8.85. The van der Waals surface area contributed by atoms with Crippen molar-refractivity contribution in [2.24, 2.45) is 0 Å². The van der Waals surface area contributed by atoms with Crippen LogP contribution in [0.3, 0.4) is 0 Å². The highest BCUT2D eigenvalue weighted by atomic mass is 35.5. The standard InChI is InChI=1S/C18H19Cl2N3O5S2/c1-28-18(25)17-15(4-9-29-17)21-16(24)11-22-5-7-23(8-6-22)30(26,27)12-2-3-13(19)14(20)10-12/h2-4,9-10H,5-8,11H2,1H3,(H,21,24). The number of carbonyl (C=O) groups is 2. The number of carbonyl (C=O) groups excluding carboxylic acids is 2. The van der Waals surface area contributed by atoms with Gasteiger partial charge in [-0.25, -0.2) is 13.2 Å². The van der Waals surface area contributed by atoms with Crippen LogP contribution in [0.1, 0.15) is 9.67 Å². The van der Waals surface area contributed by atoms with Crippen molar-refractivity contribution in [2.75, 3.05) is 45.2 Å². The number of nitrogens with zero attached hydrogens (tertiary/aromatic N) is 2. The van der Waals surface area contributed by atoms with Crippen LogP contribution in [-0.4, -0.2) is 69.3 Å². The van der Waals surface area contributed by atoms with Gasteiger partial charge in [0.1, 0.15) is 4.88 Å². The SMILES string of the molecule is COC(=O)c1sccc1NC(=O)CN1CCN(S(=O)(=O)c2ccc(Cl)c(Cl)c2)CC1. The van der Waals surface area contributed by atoms with Crippen LogP contribution in [0.25, 0.3) is 0 Å². The third-order valence-corrected chi connectivity index (χ3v) is 8.07. The van der Waals surface area contributed by atoms with Gasteiger partial charge in [0, 0.05) is 26.2 Å². The van der Waals surface area contributed by atoms with Gasteiger partial charge in [0.15, 0.2) is 0 Å². The lowest BCUT2D eigenvalue weighted by atomic mass is 10.3. The Morgan fingerprint density at radius 1 is 1.13 bits per heavy atom. The van der Waals surface area contributed by atoms with E-state index >= 15 is 0 Å². The van der Waals surface area contributed by atoms with Gasteiger partial charge in [-0.15, -0.1) is 11.3 Å². The maximum absolute atomic E-state index is 12.8. The maximum atomic E-state index is 12.8. The maximum Gasteiger partial charge on any atom is 0.350 e. The molecule has 2 heterocycles. The molecule has 0 spiro atoms. The Kier molecular flexibility index (Phi) is 7.38. The van der Waals surface area contributed by atoms with E-state index < -0.39 is 16.0 Å². The lowest BCUT2D eigenvalue weighted by Crippen LogP contribution is -2.50. The summed E-state index contributed by atoms with van der Waals surface area (Å²) in [6.07, 6.45) is 0. The molecule has 3 rings (SSSR count). The predicted octanol–water partition coefficient (Wildman–Crippen LogP) is 2.79. The molecule has 1 N–H and O–H groups in total. The van der Waals surface area contributed by atoms with Crippen molar-refractivity contribution in [3.63, 3.8) is 0 Å². The summed E-state index contributed by atoms with van der Waals surface area (Å²) in [5.41, 5.74) is 0.401. The van der Waals surface area contributed by atoms with Crippen LogP contribution in [0.15, 0.2) is 34.5 Å². The van der Waals surface area contributed by atoms with Gasteiger partial charge >= 0.3 is 5.97 Å². The number of nitrogens with one attached hydrogen (secondary N) is 1. The van der Waals surface area contributed by atoms with Crippen molar-refractivity contribution in [3.05, 3.63) is 44.6 Å². The van der Waals surface area contributed by atoms with Crippen LogP contribution in [0.2, 0.25) is 10.0 Å². The Bertz CT molecular complexity index is 1050. The largest absolute Gasteiger partial charge is 0.465 e. The number of hydrogen-bond acceptors (Lipinski definition) is 7. The highest BCUT2D eigenvalue weighted by Crippen LogP contribution is 2.27. The van der Waals surface area contributed by atoms with Crippen molar-refractivity contribution < 1.29 is 22.7 Å². The lowest BCUT2D eigenvalue weighted by molar-refractivity contribution is -0.117. The van der Waals surface area contributed by atoms with Crippen LogP contribution in [0, 0.1) is 0 Å². The molecule has 12 heteroatoms. The number of anilines is 1. The minimum absolute atomic E-state index is 0.0795. The van der Waals surface area contributed by atoms with Crippen molar-refractivity contribution in [1.29, 1.82) is 0 Å². The number of benzene rings is 1. The Morgan fingerprint density at radius 2 is 1.83 bits per heavy atom. The Labute approximate surface area is 188 Å². The molecule has 1 aromatic carbocycles. The van der Waals surface area contributed by atoms with Gasteiger partial charge in [-0.05, 0) is 29.6 Å². The highest BCUT2D eigenvalue weighted by molar-refractivity contribution is 7.89. The fourth-order valence-electron chi connectivity index (χ4n) is 2.97. The lowest BCUT2D eigenvalue weighted by Gasteiger charge is -2.33. The zero-order valence-corrected chi connectivity index (χ0v) is 19.1. The molecule has 0 aliphatic carbocycles. The molecule has 30 heavy (non-hydrogen) atoms. The first-order chi connectivity index (χ1) is 14.2. The second-order valence-electron chi connectivity index (χ2n) is 6.46. The first kappa shape index (κ1) is 23.0. The number of hydrogen-bond donors (Lipinski definition) is 1. The molecule has 0 saturated carbocycles. The number of amides is 1. The van der Waals surface area contributed by atoms with E-state index in [4.69, 9.17) is 27.9 Å². The van der Waals surface area contributed by atoms with E-state index in [1.165, 1.54) is 41.0 Å². The van der Waals surface area contributed by atoms with E-state index in [0.29, 0.717) is 23.7 Å². The average molecular weight is 492 g/mol. The van der Waals surface area contributed by atoms with Crippen molar-refractivity contribution in [1.82, 2.24) is 9.21 Å². The van der Waals surface area contributed by atoms with E-state index in [0.717, 1.165) is 0 Å². The predicted molar refractivity (Wildman–Crippen MR) is 116 cm³/mol. The van der Waals surface area contributed by atoms with Crippen LogP contribution in [0.4, 0.5) is 5.69 Å². The van der Waals surface area contributed by atoms with Crippen molar-refractivity contribution in [2.45, 2.75) is 4.90 Å². The van der Waals surface area contributed by atoms with Crippen molar-refractivity contribution in [3.8, 4) is 0 Å². The molecule has 1 aromatic heterocycles. The molecule has 1 aliphatic heterocycles.